The van der Waals surface area contributed by atoms with E-state index < -0.39 is 11.6 Å². The van der Waals surface area contributed by atoms with Crippen LogP contribution in [0.3, 0.4) is 0 Å². The maximum atomic E-state index is 13.8. The predicted octanol–water partition coefficient (Wildman–Crippen LogP) is 5.71. The first kappa shape index (κ1) is 18.3. The van der Waals surface area contributed by atoms with Crippen molar-refractivity contribution < 1.29 is 13.5 Å². The SMILES string of the molecule is CCc1cc(Oc2ccc(F)cc2F)nc(SCc2cccc(C)c2)n1. The van der Waals surface area contributed by atoms with E-state index in [0.29, 0.717) is 11.6 Å². The Hall–Kier alpha value is -2.47. The zero-order valence-corrected chi connectivity index (χ0v) is 15.3. The van der Waals surface area contributed by atoms with Crippen LogP contribution in [0.4, 0.5) is 8.78 Å². The molecule has 0 aliphatic rings. The van der Waals surface area contributed by atoms with Crippen LogP contribution in [0.1, 0.15) is 23.7 Å². The Morgan fingerprint density at radius 1 is 1.04 bits per heavy atom. The van der Waals surface area contributed by atoms with Crippen LogP contribution in [0, 0.1) is 18.6 Å². The number of aryl methyl sites for hydroxylation is 2. The van der Waals surface area contributed by atoms with Crippen LogP contribution in [0.2, 0.25) is 0 Å². The van der Waals surface area contributed by atoms with Crippen molar-refractivity contribution in [3.05, 3.63) is 77.0 Å². The lowest BCUT2D eigenvalue weighted by molar-refractivity contribution is 0.417. The molecular weight excluding hydrogens is 354 g/mol. The number of halogens is 2. The largest absolute Gasteiger partial charge is 0.436 e. The van der Waals surface area contributed by atoms with Gasteiger partial charge in [-0.2, -0.15) is 4.98 Å². The van der Waals surface area contributed by atoms with Gasteiger partial charge in [-0.05, 0) is 31.0 Å². The van der Waals surface area contributed by atoms with Crippen LogP contribution in [0.5, 0.6) is 11.6 Å². The number of nitrogens with zero attached hydrogens (tertiary/aromatic N) is 2. The summed E-state index contributed by atoms with van der Waals surface area (Å²) in [4.78, 5) is 8.83. The van der Waals surface area contributed by atoms with E-state index in [1.807, 2.05) is 26.0 Å². The summed E-state index contributed by atoms with van der Waals surface area (Å²) in [6.07, 6.45) is 0.697. The van der Waals surface area contributed by atoms with Gasteiger partial charge in [0.2, 0.25) is 5.88 Å². The smallest absolute Gasteiger partial charge is 0.223 e. The standard InChI is InChI=1S/C20H18F2N2OS/c1-3-16-11-19(25-18-8-7-15(21)10-17(18)22)24-20(23-16)26-12-14-6-4-5-13(2)9-14/h4-11H,3,12H2,1-2H3. The summed E-state index contributed by atoms with van der Waals surface area (Å²) in [5.74, 6) is -0.521. The fourth-order valence-corrected chi connectivity index (χ4v) is 3.18. The molecule has 6 heteroatoms. The molecule has 0 aliphatic carbocycles. The second-order valence-electron chi connectivity index (χ2n) is 5.79. The number of thioether (sulfide) groups is 1. The van der Waals surface area contributed by atoms with E-state index in [1.165, 1.54) is 29.0 Å². The average Bonchev–Trinajstić information content (AvgIpc) is 2.62. The van der Waals surface area contributed by atoms with E-state index in [2.05, 4.69) is 22.1 Å². The van der Waals surface area contributed by atoms with E-state index in [0.717, 1.165) is 23.6 Å². The molecule has 0 bridgehead atoms. The summed E-state index contributed by atoms with van der Waals surface area (Å²) in [5, 5.41) is 0.559. The van der Waals surface area contributed by atoms with Crippen molar-refractivity contribution in [2.45, 2.75) is 31.2 Å². The zero-order valence-electron chi connectivity index (χ0n) is 14.5. The normalized spacial score (nSPS) is 10.8. The van der Waals surface area contributed by atoms with Gasteiger partial charge in [0.1, 0.15) is 5.82 Å². The molecule has 0 saturated heterocycles. The lowest BCUT2D eigenvalue weighted by atomic mass is 10.2. The minimum absolute atomic E-state index is 0.0678. The number of rotatable bonds is 6. The third-order valence-electron chi connectivity index (χ3n) is 3.66. The Morgan fingerprint density at radius 3 is 2.62 bits per heavy atom. The van der Waals surface area contributed by atoms with Crippen LogP contribution in [-0.2, 0) is 12.2 Å². The van der Waals surface area contributed by atoms with Crippen molar-refractivity contribution in [2.75, 3.05) is 0 Å². The first-order valence-corrected chi connectivity index (χ1v) is 9.21. The van der Waals surface area contributed by atoms with E-state index in [9.17, 15) is 8.78 Å². The monoisotopic (exact) mass is 372 g/mol. The van der Waals surface area contributed by atoms with Gasteiger partial charge in [0, 0.05) is 23.6 Å². The molecule has 1 aromatic heterocycles. The van der Waals surface area contributed by atoms with Gasteiger partial charge in [0.05, 0.1) is 0 Å². The van der Waals surface area contributed by atoms with Gasteiger partial charge in [-0.25, -0.2) is 13.8 Å². The highest BCUT2D eigenvalue weighted by molar-refractivity contribution is 7.98. The highest BCUT2D eigenvalue weighted by atomic mass is 32.2. The van der Waals surface area contributed by atoms with Crippen molar-refractivity contribution in [1.82, 2.24) is 9.97 Å². The maximum absolute atomic E-state index is 13.8. The summed E-state index contributed by atoms with van der Waals surface area (Å²) in [6.45, 7) is 4.02. The molecule has 3 aromatic rings. The highest BCUT2D eigenvalue weighted by Crippen LogP contribution is 2.27. The molecule has 0 radical (unpaired) electrons. The second kappa shape index (κ2) is 8.27. The third-order valence-corrected chi connectivity index (χ3v) is 4.57. The lowest BCUT2D eigenvalue weighted by Crippen LogP contribution is -1.98. The van der Waals surface area contributed by atoms with Gasteiger partial charge in [0.25, 0.3) is 0 Å². The number of aromatic nitrogens is 2. The number of benzene rings is 2. The van der Waals surface area contributed by atoms with Gasteiger partial charge in [-0.15, -0.1) is 0 Å². The average molecular weight is 372 g/mol. The molecule has 0 spiro atoms. The Balaban J connectivity index is 1.79. The Bertz CT molecular complexity index is 918. The fraction of sp³-hybridized carbons (Fsp3) is 0.200. The Morgan fingerprint density at radius 2 is 1.88 bits per heavy atom. The quantitative estimate of drug-likeness (QED) is 0.410. The number of hydrogen-bond acceptors (Lipinski definition) is 4. The molecule has 1 heterocycles. The minimum Gasteiger partial charge on any atom is -0.436 e. The predicted molar refractivity (Wildman–Crippen MR) is 98.6 cm³/mol. The van der Waals surface area contributed by atoms with Crippen LogP contribution in [0.25, 0.3) is 0 Å². The molecule has 0 N–H and O–H groups in total. The van der Waals surface area contributed by atoms with Gasteiger partial charge >= 0.3 is 0 Å². The summed E-state index contributed by atoms with van der Waals surface area (Å²) in [6, 6.07) is 13.1. The zero-order chi connectivity index (χ0) is 18.5. The molecule has 26 heavy (non-hydrogen) atoms. The lowest BCUT2D eigenvalue weighted by Gasteiger charge is -2.09. The maximum Gasteiger partial charge on any atom is 0.223 e. The summed E-state index contributed by atoms with van der Waals surface area (Å²) in [5.41, 5.74) is 3.17. The van der Waals surface area contributed by atoms with E-state index in [-0.39, 0.29) is 11.6 Å². The molecule has 0 amide bonds. The molecular formula is C20H18F2N2OS. The van der Waals surface area contributed by atoms with Gasteiger partial charge in [-0.1, -0.05) is 48.5 Å². The highest BCUT2D eigenvalue weighted by Gasteiger charge is 2.10. The molecule has 0 fully saturated rings. The van der Waals surface area contributed by atoms with E-state index in [4.69, 9.17) is 4.74 Å². The van der Waals surface area contributed by atoms with Crippen LogP contribution < -0.4 is 4.74 Å². The molecule has 0 aliphatic heterocycles. The minimum atomic E-state index is -0.768. The summed E-state index contributed by atoms with van der Waals surface area (Å²) >= 11 is 1.49. The van der Waals surface area contributed by atoms with Crippen LogP contribution >= 0.6 is 11.8 Å². The Kier molecular flexibility index (Phi) is 5.83. The van der Waals surface area contributed by atoms with Crippen molar-refractivity contribution in [3.63, 3.8) is 0 Å². The van der Waals surface area contributed by atoms with Crippen LogP contribution in [-0.4, -0.2) is 9.97 Å². The number of ether oxygens (including phenoxy) is 1. The molecule has 0 unspecified atom stereocenters. The van der Waals surface area contributed by atoms with E-state index in [1.54, 1.807) is 6.07 Å². The third kappa shape index (κ3) is 4.79. The van der Waals surface area contributed by atoms with Crippen LogP contribution in [0.15, 0.2) is 53.7 Å². The van der Waals surface area contributed by atoms with Crippen molar-refractivity contribution in [3.8, 4) is 11.6 Å². The molecule has 2 aromatic carbocycles. The first-order chi connectivity index (χ1) is 12.5. The van der Waals surface area contributed by atoms with Crippen molar-refractivity contribution >= 4 is 11.8 Å². The second-order valence-corrected chi connectivity index (χ2v) is 6.73. The van der Waals surface area contributed by atoms with E-state index >= 15 is 0 Å². The van der Waals surface area contributed by atoms with Gasteiger partial charge in [-0.3, -0.25) is 0 Å². The molecule has 0 saturated carbocycles. The summed E-state index contributed by atoms with van der Waals surface area (Å²) in [7, 11) is 0. The van der Waals surface area contributed by atoms with Gasteiger partial charge in [0.15, 0.2) is 16.7 Å². The fourth-order valence-electron chi connectivity index (χ4n) is 2.37. The van der Waals surface area contributed by atoms with Crippen molar-refractivity contribution in [1.29, 1.82) is 0 Å². The molecule has 0 atom stereocenters. The molecule has 134 valence electrons. The topological polar surface area (TPSA) is 35.0 Å². The number of hydrogen-bond donors (Lipinski definition) is 0. The molecule has 3 rings (SSSR count). The van der Waals surface area contributed by atoms with Crippen molar-refractivity contribution in [2.24, 2.45) is 0 Å². The summed E-state index contributed by atoms with van der Waals surface area (Å²) < 4.78 is 32.4. The first-order valence-electron chi connectivity index (χ1n) is 8.22. The molecule has 3 nitrogen and oxygen atoms in total. The Labute approximate surface area is 155 Å². The van der Waals surface area contributed by atoms with Gasteiger partial charge < -0.3 is 4.74 Å².